The van der Waals surface area contributed by atoms with Gasteiger partial charge < -0.3 is 10.1 Å². The fraction of sp³-hybridized carbons (Fsp3) is 0.600. The molecule has 19 heavy (non-hydrogen) atoms. The second-order valence-corrected chi connectivity index (χ2v) is 5.83. The molecule has 0 spiro atoms. The summed E-state index contributed by atoms with van der Waals surface area (Å²) < 4.78 is 32.8. The lowest BCUT2D eigenvalue weighted by Gasteiger charge is -2.18. The van der Waals surface area contributed by atoms with Crippen LogP contribution in [0.25, 0.3) is 0 Å². The van der Waals surface area contributed by atoms with Crippen molar-refractivity contribution in [1.82, 2.24) is 5.32 Å². The predicted molar refractivity (Wildman–Crippen MR) is 73.3 cm³/mol. The van der Waals surface area contributed by atoms with Crippen molar-refractivity contribution in [3.63, 3.8) is 0 Å². The van der Waals surface area contributed by atoms with Gasteiger partial charge in [-0.15, -0.1) is 0 Å². The monoisotopic (exact) mass is 271 g/mol. The first kappa shape index (κ1) is 15.9. The quantitative estimate of drug-likeness (QED) is 0.847. The molecule has 0 aliphatic carbocycles. The molecule has 0 atom stereocenters. The third-order valence-electron chi connectivity index (χ3n) is 2.74. The number of halogens is 2. The van der Waals surface area contributed by atoms with Gasteiger partial charge >= 0.3 is 0 Å². The van der Waals surface area contributed by atoms with E-state index in [-0.39, 0.29) is 11.2 Å². The Morgan fingerprint density at radius 3 is 2.21 bits per heavy atom. The van der Waals surface area contributed by atoms with Crippen LogP contribution in [0.4, 0.5) is 8.78 Å². The molecular formula is C15H23F2NO. The van der Waals surface area contributed by atoms with Crippen LogP contribution in [0.1, 0.15) is 39.7 Å². The number of hydrogen-bond donors (Lipinski definition) is 1. The molecular weight excluding hydrogens is 248 g/mol. The summed E-state index contributed by atoms with van der Waals surface area (Å²) in [5.41, 5.74) is 0.665. The summed E-state index contributed by atoms with van der Waals surface area (Å²) in [5, 5.41) is 3.03. The van der Waals surface area contributed by atoms with Gasteiger partial charge in [0.15, 0.2) is 17.4 Å². The average Bonchev–Trinajstić information content (AvgIpc) is 2.28. The number of benzene rings is 1. The Morgan fingerprint density at radius 2 is 1.74 bits per heavy atom. The molecule has 0 saturated heterocycles. The highest BCUT2D eigenvalue weighted by molar-refractivity contribution is 5.31. The fourth-order valence-electron chi connectivity index (χ4n) is 1.58. The molecule has 1 N–H and O–H groups in total. The summed E-state index contributed by atoms with van der Waals surface area (Å²) in [6, 6.07) is 2.64. The number of ether oxygens (including phenoxy) is 1. The lowest BCUT2D eigenvalue weighted by molar-refractivity contribution is 0.226. The minimum atomic E-state index is -0.637. The Bertz CT molecular complexity index is 390. The normalized spacial score (nSPS) is 11.7. The standard InChI is InChI=1S/C15H23F2NO/c1-5-18-10-11-8-12(16)14(13(17)9-11)19-7-6-15(2,3)4/h8-9,18H,5-7,10H2,1-4H3. The first-order valence-electron chi connectivity index (χ1n) is 6.65. The largest absolute Gasteiger partial charge is 0.488 e. The minimum absolute atomic E-state index is 0.0813. The maximum atomic E-state index is 13.8. The summed E-state index contributed by atoms with van der Waals surface area (Å²) in [6.07, 6.45) is 0.741. The van der Waals surface area contributed by atoms with Gasteiger partial charge in [-0.05, 0) is 36.1 Å². The van der Waals surface area contributed by atoms with Crippen LogP contribution in [0.2, 0.25) is 0 Å². The molecule has 0 aliphatic heterocycles. The van der Waals surface area contributed by atoms with E-state index in [1.54, 1.807) is 0 Å². The van der Waals surface area contributed by atoms with Gasteiger partial charge in [0.1, 0.15) is 0 Å². The maximum absolute atomic E-state index is 13.8. The summed E-state index contributed by atoms with van der Waals surface area (Å²) in [4.78, 5) is 0. The minimum Gasteiger partial charge on any atom is -0.488 e. The zero-order valence-electron chi connectivity index (χ0n) is 12.1. The van der Waals surface area contributed by atoms with Gasteiger partial charge in [-0.1, -0.05) is 27.7 Å². The second kappa shape index (κ2) is 6.85. The van der Waals surface area contributed by atoms with Crippen LogP contribution < -0.4 is 10.1 Å². The summed E-state index contributed by atoms with van der Waals surface area (Å²) in [7, 11) is 0. The molecule has 1 rings (SSSR count). The first-order valence-corrected chi connectivity index (χ1v) is 6.65. The van der Waals surface area contributed by atoms with Crippen molar-refractivity contribution in [2.75, 3.05) is 13.2 Å². The van der Waals surface area contributed by atoms with Crippen LogP contribution in [0.3, 0.4) is 0 Å². The molecule has 2 nitrogen and oxygen atoms in total. The molecule has 108 valence electrons. The third kappa shape index (κ3) is 5.55. The van der Waals surface area contributed by atoms with E-state index in [0.29, 0.717) is 18.7 Å². The van der Waals surface area contributed by atoms with E-state index in [4.69, 9.17) is 4.74 Å². The fourth-order valence-corrected chi connectivity index (χ4v) is 1.58. The van der Waals surface area contributed by atoms with Crippen molar-refractivity contribution in [1.29, 1.82) is 0 Å². The molecule has 1 aromatic rings. The molecule has 0 aromatic heterocycles. The van der Waals surface area contributed by atoms with E-state index in [9.17, 15) is 8.78 Å². The smallest absolute Gasteiger partial charge is 0.190 e. The molecule has 0 aliphatic rings. The predicted octanol–water partition coefficient (Wildman–Crippen LogP) is 3.89. The lowest BCUT2D eigenvalue weighted by Crippen LogP contribution is -2.14. The lowest BCUT2D eigenvalue weighted by atomic mass is 9.93. The molecule has 0 unspecified atom stereocenters. The Hall–Kier alpha value is -1.16. The maximum Gasteiger partial charge on any atom is 0.190 e. The summed E-state index contributed by atoms with van der Waals surface area (Å²) >= 11 is 0. The van der Waals surface area contributed by atoms with Gasteiger partial charge in [-0.25, -0.2) is 8.78 Å². The van der Waals surface area contributed by atoms with Gasteiger partial charge in [0.2, 0.25) is 0 Å². The van der Waals surface area contributed by atoms with E-state index < -0.39 is 11.6 Å². The van der Waals surface area contributed by atoms with Gasteiger partial charge in [-0.3, -0.25) is 0 Å². The Morgan fingerprint density at radius 1 is 1.16 bits per heavy atom. The van der Waals surface area contributed by atoms with Crippen LogP contribution in [0.5, 0.6) is 5.75 Å². The first-order chi connectivity index (χ1) is 8.83. The SMILES string of the molecule is CCNCc1cc(F)c(OCCC(C)(C)C)c(F)c1. The summed E-state index contributed by atoms with van der Waals surface area (Å²) in [5.74, 6) is -1.55. The zero-order chi connectivity index (χ0) is 14.5. The molecule has 0 heterocycles. The molecule has 0 fully saturated rings. The molecule has 1 aromatic carbocycles. The topological polar surface area (TPSA) is 21.3 Å². The van der Waals surface area contributed by atoms with E-state index in [0.717, 1.165) is 13.0 Å². The number of rotatable bonds is 6. The van der Waals surface area contributed by atoms with E-state index in [1.807, 2.05) is 6.92 Å². The highest BCUT2D eigenvalue weighted by atomic mass is 19.1. The molecule has 0 radical (unpaired) electrons. The van der Waals surface area contributed by atoms with E-state index in [1.165, 1.54) is 12.1 Å². The number of hydrogen-bond acceptors (Lipinski definition) is 2. The zero-order valence-corrected chi connectivity index (χ0v) is 12.1. The van der Waals surface area contributed by atoms with Gasteiger partial charge in [0.25, 0.3) is 0 Å². The Labute approximate surface area is 114 Å². The van der Waals surface area contributed by atoms with Crippen LogP contribution in [0, 0.1) is 17.0 Å². The van der Waals surface area contributed by atoms with Crippen molar-refractivity contribution in [2.24, 2.45) is 5.41 Å². The van der Waals surface area contributed by atoms with Gasteiger partial charge in [0.05, 0.1) is 6.61 Å². The molecule has 4 heteroatoms. The Kier molecular flexibility index (Phi) is 5.73. The molecule has 0 saturated carbocycles. The summed E-state index contributed by atoms with van der Waals surface area (Å²) in [6.45, 7) is 9.63. The van der Waals surface area contributed by atoms with Crippen molar-refractivity contribution >= 4 is 0 Å². The second-order valence-electron chi connectivity index (χ2n) is 5.83. The number of nitrogens with one attached hydrogen (secondary N) is 1. The van der Waals surface area contributed by atoms with Gasteiger partial charge in [-0.2, -0.15) is 0 Å². The van der Waals surface area contributed by atoms with E-state index >= 15 is 0 Å². The van der Waals surface area contributed by atoms with Crippen molar-refractivity contribution in [2.45, 2.75) is 40.7 Å². The molecule has 0 amide bonds. The van der Waals surface area contributed by atoms with Crippen LogP contribution in [-0.4, -0.2) is 13.2 Å². The highest BCUT2D eigenvalue weighted by Gasteiger charge is 2.15. The van der Waals surface area contributed by atoms with Crippen LogP contribution in [0.15, 0.2) is 12.1 Å². The highest BCUT2D eigenvalue weighted by Crippen LogP contribution is 2.25. The average molecular weight is 271 g/mol. The third-order valence-corrected chi connectivity index (χ3v) is 2.74. The van der Waals surface area contributed by atoms with E-state index in [2.05, 4.69) is 26.1 Å². The van der Waals surface area contributed by atoms with Crippen molar-refractivity contribution in [3.05, 3.63) is 29.3 Å². The van der Waals surface area contributed by atoms with Crippen LogP contribution >= 0.6 is 0 Å². The van der Waals surface area contributed by atoms with Crippen LogP contribution in [-0.2, 0) is 6.54 Å². The van der Waals surface area contributed by atoms with Crippen molar-refractivity contribution in [3.8, 4) is 5.75 Å². The van der Waals surface area contributed by atoms with Crippen molar-refractivity contribution < 1.29 is 13.5 Å². The Balaban J connectivity index is 2.69. The molecule has 0 bridgehead atoms. The van der Waals surface area contributed by atoms with Gasteiger partial charge in [0, 0.05) is 6.54 Å².